The first-order valence-corrected chi connectivity index (χ1v) is 7.37. The van der Waals surface area contributed by atoms with Gasteiger partial charge in [-0.25, -0.2) is 4.98 Å². The van der Waals surface area contributed by atoms with E-state index in [1.807, 2.05) is 36.6 Å². The summed E-state index contributed by atoms with van der Waals surface area (Å²) in [5.74, 6) is 0.894. The van der Waals surface area contributed by atoms with Gasteiger partial charge in [-0.3, -0.25) is 0 Å². The standard InChI is InChI=1S/C15H10N4OS/c1-21-13-4-2-10(3-5-13)14-18-15(20-19-14)11-6-7-17-12(8-11)9-16/h2-8H,1H3. The summed E-state index contributed by atoms with van der Waals surface area (Å²) in [5.41, 5.74) is 1.88. The van der Waals surface area contributed by atoms with E-state index in [4.69, 9.17) is 9.78 Å². The molecule has 0 N–H and O–H groups in total. The molecule has 1 aromatic carbocycles. The Kier molecular flexibility index (Phi) is 3.67. The molecule has 102 valence electrons. The van der Waals surface area contributed by atoms with E-state index >= 15 is 0 Å². The summed E-state index contributed by atoms with van der Waals surface area (Å²) in [6.45, 7) is 0. The highest BCUT2D eigenvalue weighted by molar-refractivity contribution is 7.98. The summed E-state index contributed by atoms with van der Waals surface area (Å²) in [7, 11) is 0. The number of nitriles is 1. The first-order valence-electron chi connectivity index (χ1n) is 6.15. The summed E-state index contributed by atoms with van der Waals surface area (Å²) in [4.78, 5) is 9.45. The summed E-state index contributed by atoms with van der Waals surface area (Å²) in [6.07, 6.45) is 3.57. The van der Waals surface area contributed by atoms with Crippen molar-refractivity contribution in [3.8, 4) is 28.9 Å². The predicted molar refractivity (Wildman–Crippen MR) is 79.5 cm³/mol. The summed E-state index contributed by atoms with van der Waals surface area (Å²) in [6, 6.07) is 13.3. The lowest BCUT2D eigenvalue weighted by Gasteiger charge is -1.97. The minimum atomic E-state index is 0.316. The van der Waals surface area contributed by atoms with Gasteiger partial charge in [0.05, 0.1) is 0 Å². The molecule has 0 atom stereocenters. The molecule has 0 aliphatic rings. The number of rotatable bonds is 3. The predicted octanol–water partition coefficient (Wildman–Crippen LogP) is 3.39. The number of nitrogens with zero attached hydrogens (tertiary/aromatic N) is 4. The van der Waals surface area contributed by atoms with Gasteiger partial charge < -0.3 is 4.52 Å². The Labute approximate surface area is 125 Å². The number of benzene rings is 1. The van der Waals surface area contributed by atoms with Crippen LogP contribution in [0.1, 0.15) is 5.69 Å². The third kappa shape index (κ3) is 2.78. The first kappa shape index (κ1) is 13.3. The Bertz CT molecular complexity index is 805. The van der Waals surface area contributed by atoms with E-state index in [2.05, 4.69) is 15.1 Å². The SMILES string of the molecule is CSc1ccc(-c2noc(-c3ccnc(C#N)c3)n2)cc1. The fourth-order valence-electron chi connectivity index (χ4n) is 1.82. The summed E-state index contributed by atoms with van der Waals surface area (Å²) < 4.78 is 5.26. The van der Waals surface area contributed by atoms with Crippen LogP contribution in [0.15, 0.2) is 52.0 Å². The third-order valence-corrected chi connectivity index (χ3v) is 3.64. The number of pyridine rings is 1. The van der Waals surface area contributed by atoms with Crippen LogP contribution >= 0.6 is 11.8 Å². The maximum atomic E-state index is 8.86. The van der Waals surface area contributed by atoms with Crippen molar-refractivity contribution in [2.24, 2.45) is 0 Å². The van der Waals surface area contributed by atoms with Crippen molar-refractivity contribution in [3.63, 3.8) is 0 Å². The molecular weight excluding hydrogens is 284 g/mol. The Morgan fingerprint density at radius 1 is 1.14 bits per heavy atom. The van der Waals surface area contributed by atoms with Gasteiger partial charge in [0.25, 0.3) is 5.89 Å². The van der Waals surface area contributed by atoms with E-state index < -0.39 is 0 Å². The van der Waals surface area contributed by atoms with Crippen molar-refractivity contribution >= 4 is 11.8 Å². The summed E-state index contributed by atoms with van der Waals surface area (Å²) >= 11 is 1.68. The molecule has 0 aliphatic carbocycles. The van der Waals surface area contributed by atoms with E-state index in [9.17, 15) is 0 Å². The molecule has 0 amide bonds. The van der Waals surface area contributed by atoms with Crippen LogP contribution in [0.2, 0.25) is 0 Å². The maximum absolute atomic E-state index is 8.86. The van der Waals surface area contributed by atoms with Crippen molar-refractivity contribution in [1.29, 1.82) is 5.26 Å². The first-order chi connectivity index (χ1) is 10.3. The molecule has 0 saturated heterocycles. The van der Waals surface area contributed by atoms with E-state index in [1.165, 1.54) is 4.90 Å². The third-order valence-electron chi connectivity index (χ3n) is 2.90. The highest BCUT2D eigenvalue weighted by Gasteiger charge is 2.11. The van der Waals surface area contributed by atoms with Crippen molar-refractivity contribution in [2.45, 2.75) is 4.90 Å². The van der Waals surface area contributed by atoms with Crippen molar-refractivity contribution in [3.05, 3.63) is 48.3 Å². The topological polar surface area (TPSA) is 75.6 Å². The van der Waals surface area contributed by atoms with E-state index in [0.717, 1.165) is 5.56 Å². The summed E-state index contributed by atoms with van der Waals surface area (Å²) in [5, 5.41) is 12.8. The molecule has 0 aliphatic heterocycles. The Morgan fingerprint density at radius 3 is 2.67 bits per heavy atom. The number of aromatic nitrogens is 3. The Morgan fingerprint density at radius 2 is 1.95 bits per heavy atom. The molecule has 3 rings (SSSR count). The van der Waals surface area contributed by atoms with E-state index in [0.29, 0.717) is 23.0 Å². The zero-order valence-electron chi connectivity index (χ0n) is 11.1. The van der Waals surface area contributed by atoms with Crippen LogP contribution in [0.25, 0.3) is 22.8 Å². The highest BCUT2D eigenvalue weighted by Crippen LogP contribution is 2.24. The molecule has 0 bridgehead atoms. The zero-order valence-corrected chi connectivity index (χ0v) is 12.0. The number of hydrogen-bond acceptors (Lipinski definition) is 6. The molecule has 0 radical (unpaired) electrons. The van der Waals surface area contributed by atoms with Gasteiger partial charge in [0.15, 0.2) is 0 Å². The zero-order chi connectivity index (χ0) is 14.7. The normalized spacial score (nSPS) is 10.3. The van der Waals surface area contributed by atoms with Gasteiger partial charge in [-0.15, -0.1) is 11.8 Å². The van der Waals surface area contributed by atoms with Gasteiger partial charge in [-0.05, 0) is 42.7 Å². The van der Waals surface area contributed by atoms with Gasteiger partial charge in [0.2, 0.25) is 5.82 Å². The average Bonchev–Trinajstić information content (AvgIpc) is 3.05. The van der Waals surface area contributed by atoms with Crippen LogP contribution in [-0.2, 0) is 0 Å². The largest absolute Gasteiger partial charge is 0.334 e. The minimum absolute atomic E-state index is 0.316. The second-order valence-electron chi connectivity index (χ2n) is 4.19. The second kappa shape index (κ2) is 5.77. The van der Waals surface area contributed by atoms with Crippen LogP contribution in [0.4, 0.5) is 0 Å². The van der Waals surface area contributed by atoms with Crippen molar-refractivity contribution in [1.82, 2.24) is 15.1 Å². The molecule has 0 saturated carbocycles. The lowest BCUT2D eigenvalue weighted by atomic mass is 10.2. The van der Waals surface area contributed by atoms with Gasteiger partial charge in [-0.1, -0.05) is 5.16 Å². The molecule has 0 fully saturated rings. The molecule has 3 aromatic rings. The van der Waals surface area contributed by atoms with Gasteiger partial charge in [0.1, 0.15) is 11.8 Å². The molecule has 21 heavy (non-hydrogen) atoms. The molecule has 5 nitrogen and oxygen atoms in total. The van der Waals surface area contributed by atoms with Crippen LogP contribution in [-0.4, -0.2) is 21.4 Å². The molecule has 2 aromatic heterocycles. The average molecular weight is 294 g/mol. The van der Waals surface area contributed by atoms with Gasteiger partial charge >= 0.3 is 0 Å². The Hall–Kier alpha value is -2.65. The monoisotopic (exact) mass is 294 g/mol. The maximum Gasteiger partial charge on any atom is 0.258 e. The van der Waals surface area contributed by atoms with E-state index in [1.54, 1.807) is 30.1 Å². The minimum Gasteiger partial charge on any atom is -0.334 e. The van der Waals surface area contributed by atoms with Gasteiger partial charge in [0, 0.05) is 22.2 Å². The number of hydrogen-bond donors (Lipinski definition) is 0. The molecule has 0 unspecified atom stereocenters. The smallest absolute Gasteiger partial charge is 0.258 e. The molecular formula is C15H10N4OS. The molecule has 2 heterocycles. The second-order valence-corrected chi connectivity index (χ2v) is 5.07. The fraction of sp³-hybridized carbons (Fsp3) is 0.0667. The quantitative estimate of drug-likeness (QED) is 0.689. The molecule has 0 spiro atoms. The molecule has 6 heteroatoms. The van der Waals surface area contributed by atoms with Crippen LogP contribution < -0.4 is 0 Å². The van der Waals surface area contributed by atoms with Crippen molar-refractivity contribution < 1.29 is 4.52 Å². The lowest BCUT2D eigenvalue weighted by Crippen LogP contribution is -1.85. The Balaban J connectivity index is 1.93. The van der Waals surface area contributed by atoms with Crippen LogP contribution in [0, 0.1) is 11.3 Å². The van der Waals surface area contributed by atoms with Crippen LogP contribution in [0.5, 0.6) is 0 Å². The van der Waals surface area contributed by atoms with Gasteiger partial charge in [-0.2, -0.15) is 10.2 Å². The number of thioether (sulfide) groups is 1. The van der Waals surface area contributed by atoms with Crippen LogP contribution in [0.3, 0.4) is 0 Å². The lowest BCUT2D eigenvalue weighted by molar-refractivity contribution is 0.432. The van der Waals surface area contributed by atoms with E-state index in [-0.39, 0.29) is 0 Å². The van der Waals surface area contributed by atoms with Crippen molar-refractivity contribution in [2.75, 3.05) is 6.26 Å². The highest BCUT2D eigenvalue weighted by atomic mass is 32.2. The fourth-order valence-corrected chi connectivity index (χ4v) is 2.23.